The Morgan fingerprint density at radius 1 is 1.06 bits per heavy atom. The third kappa shape index (κ3) is 4.87. The molecule has 0 fully saturated rings. The van der Waals surface area contributed by atoms with E-state index >= 15 is 0 Å². The number of ether oxygens (including phenoxy) is 1. The van der Waals surface area contributed by atoms with Gasteiger partial charge in [-0.05, 0) is 55.5 Å². The number of hydrogen-bond donors (Lipinski definition) is 1. The first-order valence-corrected chi connectivity index (χ1v) is 9.45. The first kappa shape index (κ1) is 20.1. The highest BCUT2D eigenvalue weighted by molar-refractivity contribution is 5.92. The van der Waals surface area contributed by atoms with E-state index in [1.165, 1.54) is 24.3 Å². The Hall–Kier alpha value is -4.20. The third-order valence-electron chi connectivity index (χ3n) is 4.40. The molecule has 0 saturated carbocycles. The number of hydrogen-bond acceptors (Lipinski definition) is 5. The SMILES string of the molecule is Cc1ccc(Oc2ccccc2NC(=O)Cn2nc(-c3ccc(F)cc3)oc2=O)cc1. The molecule has 0 unspecified atom stereocenters. The normalized spacial score (nSPS) is 10.6. The Morgan fingerprint density at radius 3 is 2.52 bits per heavy atom. The van der Waals surface area contributed by atoms with Crippen LogP contribution < -0.4 is 15.8 Å². The number of carbonyl (C=O) groups excluding carboxylic acids is 1. The number of carbonyl (C=O) groups is 1. The molecule has 4 aromatic rings. The number of aromatic nitrogens is 2. The lowest BCUT2D eigenvalue weighted by atomic mass is 10.2. The van der Waals surface area contributed by atoms with E-state index in [-0.39, 0.29) is 12.4 Å². The number of amides is 1. The largest absolute Gasteiger partial charge is 0.455 e. The van der Waals surface area contributed by atoms with Crippen LogP contribution >= 0.6 is 0 Å². The van der Waals surface area contributed by atoms with Crippen molar-refractivity contribution in [2.75, 3.05) is 5.32 Å². The number of nitrogens with one attached hydrogen (secondary N) is 1. The van der Waals surface area contributed by atoms with Crippen molar-refractivity contribution < 1.29 is 18.3 Å². The van der Waals surface area contributed by atoms with Gasteiger partial charge in [0, 0.05) is 5.56 Å². The van der Waals surface area contributed by atoms with Crippen LogP contribution in [0.15, 0.2) is 82.0 Å². The topological polar surface area (TPSA) is 86.4 Å². The first-order chi connectivity index (χ1) is 15.0. The van der Waals surface area contributed by atoms with Crippen LogP contribution in [0.1, 0.15) is 5.56 Å². The maximum Gasteiger partial charge on any atom is 0.437 e. The van der Waals surface area contributed by atoms with Crippen LogP contribution in [0.3, 0.4) is 0 Å². The van der Waals surface area contributed by atoms with Crippen LogP contribution in [0, 0.1) is 12.7 Å². The summed E-state index contributed by atoms with van der Waals surface area (Å²) in [5.74, 6) is -0.611. The summed E-state index contributed by atoms with van der Waals surface area (Å²) < 4.78 is 24.9. The summed E-state index contributed by atoms with van der Waals surface area (Å²) in [5, 5.41) is 6.73. The van der Waals surface area contributed by atoms with E-state index in [2.05, 4.69) is 10.4 Å². The van der Waals surface area contributed by atoms with Gasteiger partial charge in [0.05, 0.1) is 5.69 Å². The highest BCUT2D eigenvalue weighted by atomic mass is 19.1. The first-order valence-electron chi connectivity index (χ1n) is 9.45. The van der Waals surface area contributed by atoms with Crippen LogP contribution in [0.4, 0.5) is 10.1 Å². The summed E-state index contributed by atoms with van der Waals surface area (Å²) in [6.45, 7) is 1.62. The van der Waals surface area contributed by atoms with Crippen LogP contribution in [0.2, 0.25) is 0 Å². The monoisotopic (exact) mass is 419 g/mol. The van der Waals surface area contributed by atoms with Crippen molar-refractivity contribution in [3.05, 3.63) is 94.7 Å². The van der Waals surface area contributed by atoms with Crippen molar-refractivity contribution >= 4 is 11.6 Å². The molecule has 0 aliphatic rings. The summed E-state index contributed by atoms with van der Waals surface area (Å²) in [5.41, 5.74) is 1.98. The minimum Gasteiger partial charge on any atom is -0.455 e. The minimum absolute atomic E-state index is 0.000838. The van der Waals surface area contributed by atoms with Crippen molar-refractivity contribution in [2.24, 2.45) is 0 Å². The second-order valence-electron chi connectivity index (χ2n) is 6.80. The quantitative estimate of drug-likeness (QED) is 0.501. The van der Waals surface area contributed by atoms with Crippen LogP contribution in [-0.4, -0.2) is 15.7 Å². The lowest BCUT2D eigenvalue weighted by Crippen LogP contribution is -2.26. The molecule has 0 bridgehead atoms. The van der Waals surface area contributed by atoms with Crippen molar-refractivity contribution in [1.29, 1.82) is 0 Å². The van der Waals surface area contributed by atoms with E-state index < -0.39 is 17.5 Å². The van der Waals surface area contributed by atoms with Gasteiger partial charge in [0.1, 0.15) is 18.1 Å². The molecule has 156 valence electrons. The maximum atomic E-state index is 13.1. The number of aryl methyl sites for hydroxylation is 1. The summed E-state index contributed by atoms with van der Waals surface area (Å²) >= 11 is 0. The molecule has 4 rings (SSSR count). The zero-order valence-electron chi connectivity index (χ0n) is 16.5. The van der Waals surface area contributed by atoms with E-state index in [1.807, 2.05) is 31.2 Å². The van der Waals surface area contributed by atoms with E-state index in [0.29, 0.717) is 22.7 Å². The highest BCUT2D eigenvalue weighted by Crippen LogP contribution is 2.29. The predicted octanol–water partition coefficient (Wildman–Crippen LogP) is 4.38. The van der Waals surface area contributed by atoms with Gasteiger partial charge in [-0.2, -0.15) is 4.68 Å². The predicted molar refractivity (Wildman–Crippen MR) is 112 cm³/mol. The van der Waals surface area contributed by atoms with Crippen molar-refractivity contribution in [1.82, 2.24) is 9.78 Å². The van der Waals surface area contributed by atoms with E-state index in [9.17, 15) is 14.0 Å². The Balaban J connectivity index is 1.48. The lowest BCUT2D eigenvalue weighted by Gasteiger charge is -2.12. The van der Waals surface area contributed by atoms with Gasteiger partial charge in [-0.25, -0.2) is 9.18 Å². The number of anilines is 1. The number of benzene rings is 3. The molecule has 1 heterocycles. The molecule has 31 heavy (non-hydrogen) atoms. The fraction of sp³-hybridized carbons (Fsp3) is 0.0870. The fourth-order valence-electron chi connectivity index (χ4n) is 2.83. The highest BCUT2D eigenvalue weighted by Gasteiger charge is 2.15. The second-order valence-corrected chi connectivity index (χ2v) is 6.80. The van der Waals surface area contributed by atoms with E-state index in [0.717, 1.165) is 10.2 Å². The van der Waals surface area contributed by atoms with Crippen LogP contribution in [0.5, 0.6) is 11.5 Å². The van der Waals surface area contributed by atoms with E-state index in [1.54, 1.807) is 24.3 Å². The summed E-state index contributed by atoms with van der Waals surface area (Å²) in [4.78, 5) is 24.6. The van der Waals surface area contributed by atoms with Crippen LogP contribution in [0.25, 0.3) is 11.5 Å². The molecule has 1 N–H and O–H groups in total. The lowest BCUT2D eigenvalue weighted by molar-refractivity contribution is -0.117. The molecule has 7 nitrogen and oxygen atoms in total. The van der Waals surface area contributed by atoms with Crippen molar-refractivity contribution in [2.45, 2.75) is 13.5 Å². The average molecular weight is 419 g/mol. The molecule has 1 aromatic heterocycles. The molecule has 0 radical (unpaired) electrons. The molecule has 0 aliphatic carbocycles. The zero-order chi connectivity index (χ0) is 21.8. The van der Waals surface area contributed by atoms with Gasteiger partial charge < -0.3 is 14.5 Å². The fourth-order valence-corrected chi connectivity index (χ4v) is 2.83. The van der Waals surface area contributed by atoms with E-state index in [4.69, 9.17) is 9.15 Å². The zero-order valence-corrected chi connectivity index (χ0v) is 16.5. The van der Waals surface area contributed by atoms with Gasteiger partial charge >= 0.3 is 5.76 Å². The number of halogens is 1. The van der Waals surface area contributed by atoms with Crippen molar-refractivity contribution in [3.8, 4) is 23.0 Å². The molecule has 3 aromatic carbocycles. The summed E-state index contributed by atoms with van der Waals surface area (Å²) in [6.07, 6.45) is 0. The Morgan fingerprint density at radius 2 is 1.77 bits per heavy atom. The van der Waals surface area contributed by atoms with Gasteiger partial charge in [-0.1, -0.05) is 29.8 Å². The second kappa shape index (κ2) is 8.66. The summed E-state index contributed by atoms with van der Waals surface area (Å²) in [6, 6.07) is 19.8. The molecule has 0 saturated heterocycles. The molecule has 0 spiro atoms. The molecule has 8 heteroatoms. The van der Waals surface area contributed by atoms with Crippen LogP contribution in [-0.2, 0) is 11.3 Å². The van der Waals surface area contributed by atoms with Gasteiger partial charge in [0.15, 0.2) is 5.75 Å². The van der Waals surface area contributed by atoms with Gasteiger partial charge in [0.2, 0.25) is 11.8 Å². The van der Waals surface area contributed by atoms with Gasteiger partial charge in [0.25, 0.3) is 0 Å². The Kier molecular flexibility index (Phi) is 5.61. The maximum absolute atomic E-state index is 13.1. The third-order valence-corrected chi connectivity index (χ3v) is 4.40. The smallest absolute Gasteiger partial charge is 0.437 e. The molecular weight excluding hydrogens is 401 g/mol. The number of nitrogens with zero attached hydrogens (tertiary/aromatic N) is 2. The molecular formula is C23H18FN3O4. The average Bonchev–Trinajstić information content (AvgIpc) is 3.11. The van der Waals surface area contributed by atoms with Gasteiger partial charge in [-0.3, -0.25) is 4.79 Å². The molecule has 0 aliphatic heterocycles. The molecule has 0 atom stereocenters. The van der Waals surface area contributed by atoms with Gasteiger partial charge in [-0.15, -0.1) is 5.10 Å². The Bertz CT molecular complexity index is 1260. The minimum atomic E-state index is -0.793. The summed E-state index contributed by atoms with van der Waals surface area (Å²) in [7, 11) is 0. The number of para-hydroxylation sites is 2. The van der Waals surface area contributed by atoms with Crippen molar-refractivity contribution in [3.63, 3.8) is 0 Å². The standard InChI is InChI=1S/C23H18FN3O4/c1-15-6-12-18(13-7-15)30-20-5-3-2-4-19(20)25-21(28)14-27-23(29)31-22(26-27)16-8-10-17(24)11-9-16/h2-13H,14H2,1H3,(H,25,28). The Labute approximate surface area is 176 Å². The number of rotatable bonds is 6. The molecule has 1 amide bonds.